The zero-order valence-corrected chi connectivity index (χ0v) is 15.7. The van der Waals surface area contributed by atoms with Gasteiger partial charge in [-0.05, 0) is 53.9 Å². The van der Waals surface area contributed by atoms with Crippen LogP contribution < -0.4 is 5.32 Å². The minimum Gasteiger partial charge on any atom is -0.324 e. The SMILES string of the molecule is C[C@@]12C[C@H](c3ccccc3)C[C@@H]1CN(C(=O)Nc1cccc(C(F)(F)F)c1)C2. The minimum atomic E-state index is -4.43. The average molecular weight is 388 g/mol. The summed E-state index contributed by atoms with van der Waals surface area (Å²) in [6.07, 6.45) is -2.37. The molecular formula is C22H23F3N2O. The van der Waals surface area contributed by atoms with Crippen LogP contribution in [0.5, 0.6) is 0 Å². The molecule has 1 N–H and O–H groups in total. The molecule has 28 heavy (non-hydrogen) atoms. The fourth-order valence-corrected chi connectivity index (χ4v) is 4.81. The maximum Gasteiger partial charge on any atom is 0.416 e. The van der Waals surface area contributed by atoms with Crippen LogP contribution in [-0.4, -0.2) is 24.0 Å². The zero-order chi connectivity index (χ0) is 19.9. The Balaban J connectivity index is 1.41. The van der Waals surface area contributed by atoms with Crippen LogP contribution in [-0.2, 0) is 6.18 Å². The van der Waals surface area contributed by atoms with Gasteiger partial charge in [0.1, 0.15) is 0 Å². The first-order valence-corrected chi connectivity index (χ1v) is 9.53. The second-order valence-corrected chi connectivity index (χ2v) is 8.29. The molecule has 0 unspecified atom stereocenters. The van der Waals surface area contributed by atoms with Crippen LogP contribution >= 0.6 is 0 Å². The first-order valence-electron chi connectivity index (χ1n) is 9.53. The molecule has 6 heteroatoms. The third-order valence-corrected chi connectivity index (χ3v) is 6.26. The number of alkyl halides is 3. The largest absolute Gasteiger partial charge is 0.416 e. The minimum absolute atomic E-state index is 0.0473. The summed E-state index contributed by atoms with van der Waals surface area (Å²) < 4.78 is 38.6. The first-order chi connectivity index (χ1) is 13.2. The lowest BCUT2D eigenvalue weighted by Crippen LogP contribution is -2.35. The third kappa shape index (κ3) is 3.60. The molecule has 0 radical (unpaired) electrons. The van der Waals surface area contributed by atoms with Crippen molar-refractivity contribution in [2.45, 2.75) is 31.9 Å². The van der Waals surface area contributed by atoms with Crippen LogP contribution in [0, 0.1) is 11.3 Å². The molecule has 3 atom stereocenters. The number of halogens is 3. The lowest BCUT2D eigenvalue weighted by molar-refractivity contribution is -0.137. The second-order valence-electron chi connectivity index (χ2n) is 8.29. The van der Waals surface area contributed by atoms with Gasteiger partial charge in [0.25, 0.3) is 0 Å². The molecule has 2 amide bonds. The van der Waals surface area contributed by atoms with Crippen molar-refractivity contribution in [1.29, 1.82) is 0 Å². The maximum atomic E-state index is 12.9. The Morgan fingerprint density at radius 3 is 2.57 bits per heavy atom. The van der Waals surface area contributed by atoms with E-state index in [-0.39, 0.29) is 17.1 Å². The Hall–Kier alpha value is -2.50. The predicted molar refractivity (Wildman–Crippen MR) is 102 cm³/mol. The van der Waals surface area contributed by atoms with Crippen molar-refractivity contribution < 1.29 is 18.0 Å². The monoisotopic (exact) mass is 388 g/mol. The molecule has 1 saturated heterocycles. The Morgan fingerprint density at radius 1 is 1.14 bits per heavy atom. The third-order valence-electron chi connectivity index (χ3n) is 6.26. The summed E-state index contributed by atoms with van der Waals surface area (Å²) in [5.74, 6) is 0.912. The van der Waals surface area contributed by atoms with Crippen molar-refractivity contribution in [2.24, 2.45) is 11.3 Å². The van der Waals surface area contributed by atoms with Crippen LogP contribution in [0.25, 0.3) is 0 Å². The summed E-state index contributed by atoms with van der Waals surface area (Å²) in [6, 6.07) is 14.9. The molecule has 0 spiro atoms. The molecule has 2 aromatic carbocycles. The summed E-state index contributed by atoms with van der Waals surface area (Å²) in [4.78, 5) is 14.4. The highest BCUT2D eigenvalue weighted by molar-refractivity contribution is 5.89. The van der Waals surface area contributed by atoms with Crippen molar-refractivity contribution in [3.05, 3.63) is 65.7 Å². The summed E-state index contributed by atoms with van der Waals surface area (Å²) >= 11 is 0. The highest BCUT2D eigenvalue weighted by Crippen LogP contribution is 2.54. The Bertz CT molecular complexity index is 868. The van der Waals surface area contributed by atoms with Crippen LogP contribution in [0.3, 0.4) is 0 Å². The fraction of sp³-hybridized carbons (Fsp3) is 0.409. The number of benzene rings is 2. The number of urea groups is 1. The lowest BCUT2D eigenvalue weighted by Gasteiger charge is -2.24. The van der Waals surface area contributed by atoms with Gasteiger partial charge in [0, 0.05) is 18.8 Å². The highest BCUT2D eigenvalue weighted by Gasteiger charge is 2.51. The molecule has 1 aliphatic heterocycles. The highest BCUT2D eigenvalue weighted by atomic mass is 19.4. The van der Waals surface area contributed by atoms with E-state index in [0.29, 0.717) is 24.9 Å². The van der Waals surface area contributed by atoms with Gasteiger partial charge in [-0.3, -0.25) is 0 Å². The Labute approximate surface area is 162 Å². The number of amides is 2. The summed E-state index contributed by atoms with van der Waals surface area (Å²) in [7, 11) is 0. The van der Waals surface area contributed by atoms with Gasteiger partial charge < -0.3 is 10.2 Å². The quantitative estimate of drug-likeness (QED) is 0.698. The number of rotatable bonds is 2. The molecule has 1 aliphatic carbocycles. The van der Waals surface area contributed by atoms with Gasteiger partial charge in [-0.2, -0.15) is 13.2 Å². The molecular weight excluding hydrogens is 365 g/mol. The van der Waals surface area contributed by atoms with Crippen LogP contribution in [0.2, 0.25) is 0 Å². The van der Waals surface area contributed by atoms with Crippen molar-refractivity contribution in [2.75, 3.05) is 18.4 Å². The van der Waals surface area contributed by atoms with E-state index in [1.54, 1.807) is 4.90 Å². The number of likely N-dealkylation sites (tertiary alicyclic amines) is 1. The number of nitrogens with zero attached hydrogens (tertiary/aromatic N) is 1. The first kappa shape index (κ1) is 18.8. The number of carbonyl (C=O) groups is 1. The van der Waals surface area contributed by atoms with E-state index in [4.69, 9.17) is 0 Å². The molecule has 4 rings (SSSR count). The van der Waals surface area contributed by atoms with Gasteiger partial charge in [0.2, 0.25) is 0 Å². The van der Waals surface area contributed by atoms with E-state index in [2.05, 4.69) is 36.5 Å². The van der Waals surface area contributed by atoms with E-state index in [1.807, 2.05) is 6.07 Å². The van der Waals surface area contributed by atoms with Crippen molar-refractivity contribution in [1.82, 2.24) is 4.90 Å². The second kappa shape index (κ2) is 6.83. The summed E-state index contributed by atoms with van der Waals surface area (Å²) in [5, 5.41) is 2.63. The van der Waals surface area contributed by atoms with Crippen molar-refractivity contribution in [3.63, 3.8) is 0 Å². The molecule has 148 valence electrons. The fourth-order valence-electron chi connectivity index (χ4n) is 4.81. The van der Waals surface area contributed by atoms with Crippen LogP contribution in [0.15, 0.2) is 54.6 Å². The maximum absolute atomic E-state index is 12.9. The van der Waals surface area contributed by atoms with E-state index < -0.39 is 11.7 Å². The number of hydrogen-bond acceptors (Lipinski definition) is 1. The van der Waals surface area contributed by atoms with Crippen molar-refractivity contribution in [3.8, 4) is 0 Å². The molecule has 1 saturated carbocycles. The number of nitrogens with one attached hydrogen (secondary N) is 1. The standard InChI is InChI=1S/C22H23F3N2O/c1-21-12-16(15-6-3-2-4-7-15)10-18(21)13-27(14-21)20(28)26-19-9-5-8-17(11-19)22(23,24)25/h2-9,11,16,18H,10,12-14H2,1H3,(H,26,28)/t16-,18-,21+/m1/s1. The summed E-state index contributed by atoms with van der Waals surface area (Å²) in [6.45, 7) is 3.49. The Morgan fingerprint density at radius 2 is 1.89 bits per heavy atom. The smallest absolute Gasteiger partial charge is 0.324 e. The van der Waals surface area contributed by atoms with Gasteiger partial charge in [0.15, 0.2) is 0 Å². The van der Waals surface area contributed by atoms with Gasteiger partial charge >= 0.3 is 12.2 Å². The lowest BCUT2D eigenvalue weighted by atomic mass is 9.82. The molecule has 2 aromatic rings. The topological polar surface area (TPSA) is 32.3 Å². The zero-order valence-electron chi connectivity index (χ0n) is 15.7. The number of carbonyl (C=O) groups excluding carboxylic acids is 1. The Kier molecular flexibility index (Phi) is 4.60. The van der Waals surface area contributed by atoms with Gasteiger partial charge in [-0.1, -0.05) is 43.3 Å². The number of anilines is 1. The summed E-state index contributed by atoms with van der Waals surface area (Å²) in [5.41, 5.74) is 0.801. The van der Waals surface area contributed by atoms with Gasteiger partial charge in [-0.25, -0.2) is 4.79 Å². The molecule has 2 aliphatic rings. The number of fused-ring (bicyclic) bond motifs is 1. The van der Waals surface area contributed by atoms with Crippen LogP contribution in [0.1, 0.15) is 36.8 Å². The van der Waals surface area contributed by atoms with Crippen LogP contribution in [0.4, 0.5) is 23.7 Å². The predicted octanol–water partition coefficient (Wildman–Crippen LogP) is 5.75. The van der Waals surface area contributed by atoms with E-state index in [0.717, 1.165) is 25.0 Å². The molecule has 1 heterocycles. The molecule has 3 nitrogen and oxygen atoms in total. The van der Waals surface area contributed by atoms with E-state index >= 15 is 0 Å². The molecule has 2 fully saturated rings. The van der Waals surface area contributed by atoms with Crippen molar-refractivity contribution >= 4 is 11.7 Å². The van der Waals surface area contributed by atoms with E-state index in [9.17, 15) is 18.0 Å². The normalized spacial score (nSPS) is 26.9. The van der Waals surface area contributed by atoms with Gasteiger partial charge in [0.05, 0.1) is 5.56 Å². The average Bonchev–Trinajstić information content (AvgIpc) is 3.14. The molecule has 0 aromatic heterocycles. The molecule has 0 bridgehead atoms. The number of hydrogen-bond donors (Lipinski definition) is 1. The van der Waals surface area contributed by atoms with E-state index in [1.165, 1.54) is 17.7 Å². The van der Waals surface area contributed by atoms with Gasteiger partial charge in [-0.15, -0.1) is 0 Å².